The van der Waals surface area contributed by atoms with E-state index < -0.39 is 5.82 Å². The van der Waals surface area contributed by atoms with E-state index in [1.807, 2.05) is 24.3 Å². The van der Waals surface area contributed by atoms with Gasteiger partial charge in [-0.25, -0.2) is 4.39 Å². The van der Waals surface area contributed by atoms with Crippen molar-refractivity contribution in [2.24, 2.45) is 0 Å². The van der Waals surface area contributed by atoms with Gasteiger partial charge in [-0.3, -0.25) is 0 Å². The molecule has 3 N–H and O–H groups in total. The predicted octanol–water partition coefficient (Wildman–Crippen LogP) is 3.56. The maximum atomic E-state index is 13.2. The highest BCUT2D eigenvalue weighted by Crippen LogP contribution is 2.28. The molecular formula is C15H13FN2O. The van der Waals surface area contributed by atoms with Crippen molar-refractivity contribution in [3.63, 3.8) is 0 Å². The molecule has 0 aliphatic heterocycles. The molecular weight excluding hydrogens is 243 g/mol. The second-order valence-corrected chi connectivity index (χ2v) is 4.37. The van der Waals surface area contributed by atoms with E-state index in [2.05, 4.69) is 4.98 Å². The second-order valence-electron chi connectivity index (χ2n) is 4.37. The molecule has 0 atom stereocenters. The zero-order valence-corrected chi connectivity index (χ0v) is 10.4. The van der Waals surface area contributed by atoms with E-state index in [9.17, 15) is 4.39 Å². The highest BCUT2D eigenvalue weighted by atomic mass is 19.1. The molecule has 0 spiro atoms. The first-order chi connectivity index (χ1) is 9.17. The molecule has 3 rings (SSSR count). The van der Waals surface area contributed by atoms with Crippen molar-refractivity contribution in [2.45, 2.75) is 0 Å². The Morgan fingerprint density at radius 1 is 1.11 bits per heavy atom. The first-order valence-corrected chi connectivity index (χ1v) is 5.89. The number of H-pyrrole nitrogens is 1. The molecule has 4 heteroatoms. The summed E-state index contributed by atoms with van der Waals surface area (Å²) in [6.45, 7) is 0. The number of nitrogens with two attached hydrogens (primary N) is 1. The van der Waals surface area contributed by atoms with Crippen LogP contribution in [-0.4, -0.2) is 12.1 Å². The third-order valence-corrected chi connectivity index (χ3v) is 3.13. The fourth-order valence-corrected chi connectivity index (χ4v) is 2.10. The van der Waals surface area contributed by atoms with Crippen LogP contribution in [0.5, 0.6) is 5.75 Å². The van der Waals surface area contributed by atoms with Gasteiger partial charge in [0.15, 0.2) is 0 Å². The Bertz CT molecular complexity index is 749. The number of nitrogen functional groups attached to an aromatic ring is 1. The van der Waals surface area contributed by atoms with Gasteiger partial charge >= 0.3 is 0 Å². The minimum absolute atomic E-state index is 0.147. The van der Waals surface area contributed by atoms with Crippen LogP contribution < -0.4 is 10.5 Å². The van der Waals surface area contributed by atoms with E-state index in [0.29, 0.717) is 0 Å². The molecule has 19 heavy (non-hydrogen) atoms. The summed E-state index contributed by atoms with van der Waals surface area (Å²) in [5.41, 5.74) is 8.49. The maximum Gasteiger partial charge on any atom is 0.146 e. The molecule has 0 aliphatic carbocycles. The monoisotopic (exact) mass is 256 g/mol. The van der Waals surface area contributed by atoms with Crippen molar-refractivity contribution >= 4 is 16.6 Å². The Labute approximate surface area is 109 Å². The summed E-state index contributed by atoms with van der Waals surface area (Å²) in [4.78, 5) is 3.28. The van der Waals surface area contributed by atoms with Crippen LogP contribution in [0, 0.1) is 5.82 Å². The lowest BCUT2D eigenvalue weighted by Crippen LogP contribution is -1.90. The lowest BCUT2D eigenvalue weighted by molar-refractivity contribution is 0.415. The molecule has 3 nitrogen and oxygen atoms in total. The standard InChI is InChI=1S/C15H13FN2O/c1-19-11-3-5-14-10(6-11)8-15(18-14)9-2-4-12(16)13(17)7-9/h2-8,18H,17H2,1H3. The van der Waals surface area contributed by atoms with Crippen LogP contribution >= 0.6 is 0 Å². The van der Waals surface area contributed by atoms with Crippen molar-refractivity contribution in [2.75, 3.05) is 12.8 Å². The number of benzene rings is 2. The van der Waals surface area contributed by atoms with Gasteiger partial charge in [0.2, 0.25) is 0 Å². The molecule has 0 aliphatic rings. The third kappa shape index (κ3) is 2.01. The van der Waals surface area contributed by atoms with E-state index in [0.717, 1.165) is 27.9 Å². The Hall–Kier alpha value is -2.49. The molecule has 96 valence electrons. The minimum atomic E-state index is -0.401. The molecule has 0 amide bonds. The quantitative estimate of drug-likeness (QED) is 0.689. The Morgan fingerprint density at radius 2 is 1.95 bits per heavy atom. The zero-order chi connectivity index (χ0) is 13.4. The fraction of sp³-hybridized carbons (Fsp3) is 0.0667. The van der Waals surface area contributed by atoms with Crippen LogP contribution in [0.25, 0.3) is 22.2 Å². The van der Waals surface area contributed by atoms with Crippen molar-refractivity contribution in [1.82, 2.24) is 4.98 Å². The normalized spacial score (nSPS) is 10.8. The Morgan fingerprint density at radius 3 is 2.68 bits per heavy atom. The highest BCUT2D eigenvalue weighted by Gasteiger charge is 2.06. The van der Waals surface area contributed by atoms with Gasteiger partial charge in [0, 0.05) is 22.2 Å². The summed E-state index contributed by atoms with van der Waals surface area (Å²) in [7, 11) is 1.63. The number of anilines is 1. The van der Waals surface area contributed by atoms with Crippen LogP contribution in [-0.2, 0) is 0 Å². The van der Waals surface area contributed by atoms with E-state index in [1.54, 1.807) is 19.2 Å². The number of aromatic amines is 1. The van der Waals surface area contributed by atoms with Crippen LogP contribution in [0.15, 0.2) is 42.5 Å². The van der Waals surface area contributed by atoms with Gasteiger partial charge < -0.3 is 15.5 Å². The van der Waals surface area contributed by atoms with Gasteiger partial charge in [0.25, 0.3) is 0 Å². The summed E-state index contributed by atoms with van der Waals surface area (Å²) in [6, 6.07) is 12.5. The number of halogens is 1. The number of methoxy groups -OCH3 is 1. The van der Waals surface area contributed by atoms with Crippen LogP contribution in [0.4, 0.5) is 10.1 Å². The summed E-state index contributed by atoms with van der Waals surface area (Å²) in [5, 5.41) is 1.04. The molecule has 1 aromatic heterocycles. The molecule has 0 radical (unpaired) electrons. The number of rotatable bonds is 2. The van der Waals surface area contributed by atoms with E-state index >= 15 is 0 Å². The molecule has 3 aromatic rings. The van der Waals surface area contributed by atoms with Crippen molar-refractivity contribution in [1.29, 1.82) is 0 Å². The van der Waals surface area contributed by atoms with E-state index in [-0.39, 0.29) is 5.69 Å². The number of nitrogens with one attached hydrogen (secondary N) is 1. The molecule has 0 unspecified atom stereocenters. The Kier molecular flexibility index (Phi) is 2.63. The minimum Gasteiger partial charge on any atom is -0.497 e. The van der Waals surface area contributed by atoms with Crippen LogP contribution in [0.3, 0.4) is 0 Å². The smallest absolute Gasteiger partial charge is 0.146 e. The van der Waals surface area contributed by atoms with Crippen molar-refractivity contribution < 1.29 is 9.13 Å². The van der Waals surface area contributed by atoms with Crippen LogP contribution in [0.2, 0.25) is 0 Å². The highest BCUT2D eigenvalue weighted by molar-refractivity contribution is 5.87. The largest absolute Gasteiger partial charge is 0.497 e. The first-order valence-electron chi connectivity index (χ1n) is 5.89. The topological polar surface area (TPSA) is 51.0 Å². The molecule has 1 heterocycles. The average molecular weight is 256 g/mol. The number of fused-ring (bicyclic) bond motifs is 1. The van der Waals surface area contributed by atoms with Gasteiger partial charge in [-0.15, -0.1) is 0 Å². The predicted molar refractivity (Wildman–Crippen MR) is 74.7 cm³/mol. The summed E-state index contributed by atoms with van der Waals surface area (Å²) < 4.78 is 18.4. The zero-order valence-electron chi connectivity index (χ0n) is 10.4. The second kappa shape index (κ2) is 4.31. The van der Waals surface area contributed by atoms with Crippen molar-refractivity contribution in [3.05, 3.63) is 48.3 Å². The molecule has 0 fully saturated rings. The maximum absolute atomic E-state index is 13.2. The number of hydrogen-bond acceptors (Lipinski definition) is 2. The van der Waals surface area contributed by atoms with Gasteiger partial charge in [-0.2, -0.15) is 0 Å². The van der Waals surface area contributed by atoms with Gasteiger partial charge in [-0.05, 0) is 42.5 Å². The lowest BCUT2D eigenvalue weighted by Gasteiger charge is -2.00. The molecule has 0 saturated heterocycles. The lowest BCUT2D eigenvalue weighted by atomic mass is 10.1. The summed E-state index contributed by atoms with van der Waals surface area (Å²) >= 11 is 0. The molecule has 0 saturated carbocycles. The fourth-order valence-electron chi connectivity index (χ4n) is 2.10. The van der Waals surface area contributed by atoms with Gasteiger partial charge in [-0.1, -0.05) is 0 Å². The molecule has 2 aromatic carbocycles. The first kappa shape index (κ1) is 11.6. The van der Waals surface area contributed by atoms with E-state index in [4.69, 9.17) is 10.5 Å². The number of ether oxygens (including phenoxy) is 1. The third-order valence-electron chi connectivity index (χ3n) is 3.13. The SMILES string of the molecule is COc1ccc2[nH]c(-c3ccc(F)c(N)c3)cc2c1. The van der Waals surface area contributed by atoms with E-state index in [1.165, 1.54) is 6.07 Å². The van der Waals surface area contributed by atoms with Gasteiger partial charge in [0.1, 0.15) is 11.6 Å². The summed E-state index contributed by atoms with van der Waals surface area (Å²) in [6.07, 6.45) is 0. The van der Waals surface area contributed by atoms with Crippen LogP contribution in [0.1, 0.15) is 0 Å². The average Bonchev–Trinajstić information content (AvgIpc) is 2.84. The number of aromatic nitrogens is 1. The Balaban J connectivity index is 2.11. The van der Waals surface area contributed by atoms with Gasteiger partial charge in [0.05, 0.1) is 12.8 Å². The number of hydrogen-bond donors (Lipinski definition) is 2. The molecule has 0 bridgehead atoms. The summed E-state index contributed by atoms with van der Waals surface area (Å²) in [5.74, 6) is 0.401. The van der Waals surface area contributed by atoms with Crippen molar-refractivity contribution in [3.8, 4) is 17.0 Å².